The monoisotopic (exact) mass is 266 g/mol. The molecule has 0 aromatic heterocycles. The van der Waals surface area contributed by atoms with Gasteiger partial charge in [0.15, 0.2) is 0 Å². The number of hydrogen-bond donors (Lipinski definition) is 2. The summed E-state index contributed by atoms with van der Waals surface area (Å²) in [5.74, 6) is -0.765. The molecule has 1 saturated heterocycles. The quantitative estimate of drug-likeness (QED) is 0.798. The molecule has 1 aromatic carbocycles. The first-order chi connectivity index (χ1) is 9.02. The Labute approximate surface area is 112 Å². The van der Waals surface area contributed by atoms with Crippen molar-refractivity contribution in [3.63, 3.8) is 0 Å². The largest absolute Gasteiger partial charge is 0.399 e. The minimum absolute atomic E-state index is 0.0242. The molecule has 0 radical (unpaired) electrons. The lowest BCUT2D eigenvalue weighted by atomic mass is 9.98. The molecule has 2 rings (SSSR count). The number of carbonyl (C=O) groups is 1. The van der Waals surface area contributed by atoms with Crippen LogP contribution in [0.5, 0.6) is 0 Å². The number of benzene rings is 1. The van der Waals surface area contributed by atoms with Gasteiger partial charge < -0.3 is 15.7 Å². The molecule has 19 heavy (non-hydrogen) atoms. The Hall–Kier alpha value is -1.62. The number of anilines is 1. The summed E-state index contributed by atoms with van der Waals surface area (Å²) in [5, 5.41) is 9.17. The fourth-order valence-corrected chi connectivity index (χ4v) is 2.52. The number of carbonyl (C=O) groups excluding carboxylic acids is 1. The molecule has 0 bridgehead atoms. The number of hydrogen-bond acceptors (Lipinski definition) is 3. The molecule has 0 spiro atoms. The number of aryl methyl sites for hydroxylation is 1. The van der Waals surface area contributed by atoms with Crippen molar-refractivity contribution < 1.29 is 14.3 Å². The molecule has 1 aliphatic rings. The minimum atomic E-state index is -0.509. The molecule has 1 fully saturated rings. The highest BCUT2D eigenvalue weighted by atomic mass is 19.1. The second kappa shape index (κ2) is 5.57. The van der Waals surface area contributed by atoms with Crippen molar-refractivity contribution in [2.45, 2.75) is 19.8 Å². The maximum absolute atomic E-state index is 14.0. The van der Waals surface area contributed by atoms with Crippen molar-refractivity contribution in [3.8, 4) is 0 Å². The van der Waals surface area contributed by atoms with E-state index in [0.717, 1.165) is 12.8 Å². The van der Waals surface area contributed by atoms with E-state index in [1.807, 2.05) is 0 Å². The van der Waals surface area contributed by atoms with E-state index < -0.39 is 5.82 Å². The maximum Gasteiger partial charge on any atom is 0.256 e. The molecule has 1 amide bonds. The smallest absolute Gasteiger partial charge is 0.256 e. The van der Waals surface area contributed by atoms with Gasteiger partial charge in [0.25, 0.3) is 5.91 Å². The van der Waals surface area contributed by atoms with Crippen molar-refractivity contribution in [1.82, 2.24) is 4.90 Å². The molecule has 1 heterocycles. The second-order valence-corrected chi connectivity index (χ2v) is 5.14. The molecule has 0 aliphatic carbocycles. The third-order valence-electron chi connectivity index (χ3n) is 3.57. The third kappa shape index (κ3) is 2.87. The van der Waals surface area contributed by atoms with Gasteiger partial charge in [-0.15, -0.1) is 0 Å². The molecule has 1 aromatic rings. The van der Waals surface area contributed by atoms with Crippen molar-refractivity contribution in [2.75, 3.05) is 25.4 Å². The van der Waals surface area contributed by atoms with Gasteiger partial charge in [-0.2, -0.15) is 0 Å². The van der Waals surface area contributed by atoms with Crippen LogP contribution in [-0.2, 0) is 0 Å². The number of nitrogens with two attached hydrogens (primary N) is 1. The molecule has 104 valence electrons. The normalized spacial score (nSPS) is 19.5. The molecule has 5 heteroatoms. The van der Waals surface area contributed by atoms with Gasteiger partial charge in [-0.25, -0.2) is 4.39 Å². The Kier molecular flexibility index (Phi) is 4.04. The summed E-state index contributed by atoms with van der Waals surface area (Å²) >= 11 is 0. The van der Waals surface area contributed by atoms with E-state index in [2.05, 4.69) is 0 Å². The van der Waals surface area contributed by atoms with E-state index in [4.69, 9.17) is 5.73 Å². The van der Waals surface area contributed by atoms with Crippen molar-refractivity contribution in [3.05, 3.63) is 29.1 Å². The van der Waals surface area contributed by atoms with Crippen LogP contribution < -0.4 is 5.73 Å². The number of aliphatic hydroxyl groups is 1. The minimum Gasteiger partial charge on any atom is -0.399 e. The summed E-state index contributed by atoms with van der Waals surface area (Å²) in [5.41, 5.74) is 6.46. The van der Waals surface area contributed by atoms with Crippen LogP contribution in [0, 0.1) is 18.7 Å². The number of likely N-dealkylation sites (tertiary alicyclic amines) is 1. The van der Waals surface area contributed by atoms with Crippen LogP contribution in [-0.4, -0.2) is 35.6 Å². The zero-order valence-corrected chi connectivity index (χ0v) is 11.0. The summed E-state index contributed by atoms with van der Waals surface area (Å²) < 4.78 is 14.0. The number of rotatable bonds is 2. The SMILES string of the molecule is Cc1cc(N)cc(C(=O)N2CCCC(CO)C2)c1F. The summed E-state index contributed by atoms with van der Waals surface area (Å²) in [7, 11) is 0. The molecular weight excluding hydrogens is 247 g/mol. The van der Waals surface area contributed by atoms with E-state index in [-0.39, 0.29) is 24.0 Å². The standard InChI is InChI=1S/C14H19FN2O2/c1-9-5-11(16)6-12(13(9)15)14(19)17-4-2-3-10(7-17)8-18/h5-6,10,18H,2-4,7-8,16H2,1H3. The summed E-state index contributed by atoms with van der Waals surface area (Å²) in [6, 6.07) is 2.89. The average molecular weight is 266 g/mol. The first kappa shape index (κ1) is 13.8. The highest BCUT2D eigenvalue weighted by Crippen LogP contribution is 2.22. The lowest BCUT2D eigenvalue weighted by Crippen LogP contribution is -2.41. The number of aliphatic hydroxyl groups excluding tert-OH is 1. The molecule has 1 unspecified atom stereocenters. The predicted molar refractivity (Wildman–Crippen MR) is 71.3 cm³/mol. The van der Waals surface area contributed by atoms with Crippen LogP contribution in [0.4, 0.5) is 10.1 Å². The summed E-state index contributed by atoms with van der Waals surface area (Å²) in [4.78, 5) is 13.9. The number of halogens is 1. The maximum atomic E-state index is 14.0. The number of piperidine rings is 1. The lowest BCUT2D eigenvalue weighted by Gasteiger charge is -2.32. The number of nitrogens with zero attached hydrogens (tertiary/aromatic N) is 1. The Morgan fingerprint density at radius 3 is 3.00 bits per heavy atom. The molecule has 4 nitrogen and oxygen atoms in total. The van der Waals surface area contributed by atoms with Crippen molar-refractivity contribution in [1.29, 1.82) is 0 Å². The van der Waals surface area contributed by atoms with Crippen LogP contribution in [0.3, 0.4) is 0 Å². The van der Waals surface area contributed by atoms with Crippen LogP contribution in [0.2, 0.25) is 0 Å². The molecule has 1 aliphatic heterocycles. The van der Waals surface area contributed by atoms with Gasteiger partial charge in [-0.3, -0.25) is 4.79 Å². The Morgan fingerprint density at radius 1 is 1.58 bits per heavy atom. The van der Waals surface area contributed by atoms with Crippen LogP contribution in [0.1, 0.15) is 28.8 Å². The van der Waals surface area contributed by atoms with Crippen molar-refractivity contribution >= 4 is 11.6 Å². The lowest BCUT2D eigenvalue weighted by molar-refractivity contribution is 0.0616. The molecule has 0 saturated carbocycles. The molecular formula is C14H19FN2O2. The molecule has 3 N–H and O–H groups in total. The topological polar surface area (TPSA) is 66.6 Å². The van der Waals surface area contributed by atoms with Crippen molar-refractivity contribution in [2.24, 2.45) is 5.92 Å². The summed E-state index contributed by atoms with van der Waals surface area (Å²) in [6.07, 6.45) is 1.73. The Bertz CT molecular complexity index is 491. The highest BCUT2D eigenvalue weighted by molar-refractivity contribution is 5.95. The first-order valence-electron chi connectivity index (χ1n) is 6.48. The highest BCUT2D eigenvalue weighted by Gasteiger charge is 2.26. The van der Waals surface area contributed by atoms with E-state index in [0.29, 0.717) is 24.3 Å². The third-order valence-corrected chi connectivity index (χ3v) is 3.57. The molecule has 1 atom stereocenters. The van der Waals surface area contributed by atoms with Crippen LogP contribution in [0.15, 0.2) is 12.1 Å². The fourth-order valence-electron chi connectivity index (χ4n) is 2.52. The summed E-state index contributed by atoms with van der Waals surface area (Å²) in [6.45, 7) is 2.72. The number of amides is 1. The van der Waals surface area contributed by atoms with Gasteiger partial charge in [0.05, 0.1) is 5.56 Å². The Morgan fingerprint density at radius 2 is 2.32 bits per heavy atom. The van der Waals surface area contributed by atoms with Gasteiger partial charge >= 0.3 is 0 Å². The van der Waals surface area contributed by atoms with Gasteiger partial charge in [0, 0.05) is 25.4 Å². The zero-order chi connectivity index (χ0) is 14.0. The fraction of sp³-hybridized carbons (Fsp3) is 0.500. The van der Waals surface area contributed by atoms with Crippen LogP contribution in [0.25, 0.3) is 0 Å². The van der Waals surface area contributed by atoms with Gasteiger partial charge in [0.1, 0.15) is 5.82 Å². The predicted octanol–water partition coefficient (Wildman–Crippen LogP) is 1.56. The van der Waals surface area contributed by atoms with E-state index >= 15 is 0 Å². The average Bonchev–Trinajstić information content (AvgIpc) is 2.42. The van der Waals surface area contributed by atoms with Gasteiger partial charge in [-0.05, 0) is 43.4 Å². The number of nitrogen functional groups attached to an aromatic ring is 1. The Balaban J connectivity index is 2.24. The van der Waals surface area contributed by atoms with E-state index in [9.17, 15) is 14.3 Å². The second-order valence-electron chi connectivity index (χ2n) is 5.14. The van der Waals surface area contributed by atoms with Gasteiger partial charge in [0.2, 0.25) is 0 Å². The van der Waals surface area contributed by atoms with E-state index in [1.54, 1.807) is 11.8 Å². The van der Waals surface area contributed by atoms with E-state index in [1.165, 1.54) is 12.1 Å². The zero-order valence-electron chi connectivity index (χ0n) is 11.0. The first-order valence-corrected chi connectivity index (χ1v) is 6.48. The van der Waals surface area contributed by atoms with Crippen LogP contribution >= 0.6 is 0 Å². The van der Waals surface area contributed by atoms with Gasteiger partial charge in [-0.1, -0.05) is 0 Å².